The first kappa shape index (κ1) is 28.2. The third kappa shape index (κ3) is 6.29. The predicted octanol–water partition coefficient (Wildman–Crippen LogP) is 0.498. The highest BCUT2D eigenvalue weighted by atomic mass is 35.5. The number of aromatic amines is 1. The van der Waals surface area contributed by atoms with E-state index >= 15 is 0 Å². The molecule has 0 aliphatic carbocycles. The minimum absolute atomic E-state index is 0.108. The van der Waals surface area contributed by atoms with Gasteiger partial charge in [0.2, 0.25) is 0 Å². The molecule has 0 saturated carbocycles. The minimum Gasteiger partial charge on any atom is -0.465 e. The van der Waals surface area contributed by atoms with Crippen molar-refractivity contribution in [2.24, 2.45) is 0 Å². The number of hydrogen-bond donors (Lipinski definition) is 3. The number of nitrogens with one attached hydrogen (secondary N) is 2. The number of carbonyl (C=O) groups excluding carboxylic acids is 1. The Morgan fingerprint density at radius 2 is 2.00 bits per heavy atom. The Labute approximate surface area is 212 Å². The van der Waals surface area contributed by atoms with Gasteiger partial charge in [0.1, 0.15) is 25.2 Å². The molecule has 0 unspecified atom stereocenters. The molecule has 1 aliphatic rings. The lowest BCUT2D eigenvalue weighted by molar-refractivity contribution is -0.149. The van der Waals surface area contributed by atoms with Gasteiger partial charge in [0.25, 0.3) is 5.56 Å². The van der Waals surface area contributed by atoms with E-state index in [-0.39, 0.29) is 12.4 Å². The van der Waals surface area contributed by atoms with Crippen molar-refractivity contribution in [3.63, 3.8) is 0 Å². The minimum atomic E-state index is -4.27. The molecule has 15 heteroatoms. The number of aliphatic hydroxyl groups excluding tert-OH is 1. The summed E-state index contributed by atoms with van der Waals surface area (Å²) in [6, 6.07) is 9.25. The van der Waals surface area contributed by atoms with E-state index in [4.69, 9.17) is 30.1 Å². The zero-order valence-electron chi connectivity index (χ0n) is 20.2. The first-order valence-electron chi connectivity index (χ1n) is 11.1. The van der Waals surface area contributed by atoms with E-state index in [1.807, 2.05) is 0 Å². The first-order valence-corrected chi connectivity index (χ1v) is 13.0. The van der Waals surface area contributed by atoms with Crippen LogP contribution in [0.1, 0.15) is 27.0 Å². The molecular weight excluding hydrogens is 515 g/mol. The van der Waals surface area contributed by atoms with Crippen LogP contribution >= 0.6 is 19.3 Å². The summed E-state index contributed by atoms with van der Waals surface area (Å²) >= 11 is 6.53. The average Bonchev–Trinajstić information content (AvgIpc) is 3.01. The summed E-state index contributed by atoms with van der Waals surface area (Å²) in [5.41, 5.74) is -2.87. The molecule has 0 spiro atoms. The van der Waals surface area contributed by atoms with Crippen molar-refractivity contribution in [2.75, 3.05) is 13.2 Å². The molecule has 36 heavy (non-hydrogen) atoms. The second-order valence-corrected chi connectivity index (χ2v) is 11.3. The van der Waals surface area contributed by atoms with Crippen LogP contribution in [0, 0.1) is 0 Å². The maximum absolute atomic E-state index is 13.7. The standard InChI is InChI=1S/C21H28BClN3O9P/c1-4-32-18(29)20(2,3)25-36(31,35-13-8-6-5-7-9-13)33-12-14-16(28)21(22,23)17(34-14)26-11-10-15(27)24-19(26)30/h5-11,14,16-17,28H,4,12,22H2,1-3H3,(H,25,31)(H,24,27,30)/t14-,16-,17-,21+,36+/m1/s1. The van der Waals surface area contributed by atoms with E-state index in [0.717, 1.165) is 10.6 Å². The van der Waals surface area contributed by atoms with Crippen LogP contribution in [0.5, 0.6) is 5.75 Å². The van der Waals surface area contributed by atoms with Crippen molar-refractivity contribution < 1.29 is 33.0 Å². The first-order chi connectivity index (χ1) is 16.8. The van der Waals surface area contributed by atoms with Crippen molar-refractivity contribution in [1.82, 2.24) is 14.6 Å². The van der Waals surface area contributed by atoms with Crippen LogP contribution in [0.2, 0.25) is 0 Å². The van der Waals surface area contributed by atoms with E-state index in [2.05, 4.69) is 10.1 Å². The number of para-hydroxylation sites is 1. The Hall–Kier alpha value is -2.41. The maximum atomic E-state index is 13.7. The fourth-order valence-electron chi connectivity index (χ4n) is 3.54. The lowest BCUT2D eigenvalue weighted by atomic mass is 9.79. The topological polar surface area (TPSA) is 158 Å². The van der Waals surface area contributed by atoms with E-state index in [1.165, 1.54) is 27.9 Å². The van der Waals surface area contributed by atoms with Gasteiger partial charge in [-0.25, -0.2) is 9.36 Å². The third-order valence-corrected chi connectivity index (χ3v) is 7.58. The Morgan fingerprint density at radius 3 is 2.61 bits per heavy atom. The summed E-state index contributed by atoms with van der Waals surface area (Å²) in [4.78, 5) is 38.2. The fourth-order valence-corrected chi connectivity index (χ4v) is 5.51. The Morgan fingerprint density at radius 1 is 1.33 bits per heavy atom. The van der Waals surface area contributed by atoms with Gasteiger partial charge in [-0.05, 0) is 32.9 Å². The number of H-pyrrole nitrogens is 1. The number of rotatable bonds is 10. The van der Waals surface area contributed by atoms with Crippen LogP contribution < -0.4 is 20.9 Å². The van der Waals surface area contributed by atoms with E-state index in [1.54, 1.807) is 37.3 Å². The van der Waals surface area contributed by atoms with Gasteiger partial charge in [0, 0.05) is 12.3 Å². The highest BCUT2D eigenvalue weighted by Crippen LogP contribution is 2.48. The number of alkyl halides is 1. The van der Waals surface area contributed by atoms with Gasteiger partial charge >= 0.3 is 19.4 Å². The number of halogens is 1. The van der Waals surface area contributed by atoms with Gasteiger partial charge in [-0.3, -0.25) is 23.7 Å². The second-order valence-electron chi connectivity index (χ2n) is 8.80. The van der Waals surface area contributed by atoms with Crippen molar-refractivity contribution in [3.05, 3.63) is 63.4 Å². The third-order valence-electron chi connectivity index (χ3n) is 5.40. The van der Waals surface area contributed by atoms with Crippen LogP contribution in [0.25, 0.3) is 0 Å². The quantitative estimate of drug-likeness (QED) is 0.167. The molecule has 2 heterocycles. The van der Waals surface area contributed by atoms with Gasteiger partial charge in [-0.2, -0.15) is 5.09 Å². The Kier molecular flexibility index (Phi) is 8.54. The molecule has 0 bridgehead atoms. The normalized spacial score (nSPS) is 25.8. The number of ether oxygens (including phenoxy) is 2. The number of aliphatic hydroxyl groups is 1. The second kappa shape index (κ2) is 10.9. The SMILES string of the molecule is B[C@]1(Cl)[C@H](O)[C@@H](CO[P@@](=O)(NC(C)(C)C(=O)OCC)Oc2ccccc2)O[C@H]1n1ccc(=O)[nH]c1=O. The summed E-state index contributed by atoms with van der Waals surface area (Å²) in [5.74, 6) is -0.491. The molecule has 3 N–H and O–H groups in total. The zero-order chi connectivity index (χ0) is 26.7. The van der Waals surface area contributed by atoms with Crippen molar-refractivity contribution in [1.29, 1.82) is 0 Å². The molecule has 1 aromatic carbocycles. The summed E-state index contributed by atoms with van der Waals surface area (Å²) in [6.45, 7) is 4.15. The molecule has 0 amide bonds. The highest BCUT2D eigenvalue weighted by Gasteiger charge is 2.54. The number of carbonyl (C=O) groups is 1. The molecule has 12 nitrogen and oxygen atoms in total. The zero-order valence-corrected chi connectivity index (χ0v) is 21.8. The molecule has 196 valence electrons. The highest BCUT2D eigenvalue weighted by molar-refractivity contribution is 7.52. The monoisotopic (exact) mass is 543 g/mol. The number of nitrogens with zero attached hydrogens (tertiary/aromatic N) is 1. The van der Waals surface area contributed by atoms with Gasteiger partial charge in [0.05, 0.1) is 24.1 Å². The Balaban J connectivity index is 1.84. The van der Waals surface area contributed by atoms with Gasteiger partial charge in [-0.1, -0.05) is 18.2 Å². The molecule has 2 aromatic rings. The smallest absolute Gasteiger partial charge is 0.459 e. The van der Waals surface area contributed by atoms with Crippen molar-refractivity contribution in [3.8, 4) is 5.75 Å². The number of hydrogen-bond acceptors (Lipinski definition) is 9. The van der Waals surface area contributed by atoms with E-state index in [0.29, 0.717) is 0 Å². The molecule has 1 fully saturated rings. The maximum Gasteiger partial charge on any atom is 0.459 e. The number of esters is 1. The Bertz CT molecular complexity index is 1240. The van der Waals surface area contributed by atoms with Crippen LogP contribution in [-0.4, -0.2) is 64.2 Å². The van der Waals surface area contributed by atoms with Crippen molar-refractivity contribution >= 4 is 33.2 Å². The molecule has 5 atom stereocenters. The van der Waals surface area contributed by atoms with E-state index in [9.17, 15) is 24.1 Å². The molecular formula is C21H28BClN3O9P. The summed E-state index contributed by atoms with van der Waals surface area (Å²) < 4.78 is 35.3. The summed E-state index contributed by atoms with van der Waals surface area (Å²) in [6.07, 6.45) is -2.54. The molecule has 3 rings (SSSR count). The fraction of sp³-hybridized carbons (Fsp3) is 0.476. The lowest BCUT2D eigenvalue weighted by Gasteiger charge is -2.30. The van der Waals surface area contributed by atoms with Crippen molar-refractivity contribution in [2.45, 2.75) is 49.5 Å². The van der Waals surface area contributed by atoms with Gasteiger partial charge in [0.15, 0.2) is 6.23 Å². The van der Waals surface area contributed by atoms with Crippen LogP contribution in [-0.2, 0) is 23.4 Å². The van der Waals surface area contributed by atoms with Gasteiger partial charge < -0.3 is 19.1 Å². The molecule has 1 aromatic heterocycles. The van der Waals surface area contributed by atoms with Crippen LogP contribution in [0.15, 0.2) is 52.2 Å². The largest absolute Gasteiger partial charge is 0.465 e. The molecule has 0 radical (unpaired) electrons. The summed E-state index contributed by atoms with van der Waals surface area (Å²) in [7, 11) is -2.82. The summed E-state index contributed by atoms with van der Waals surface area (Å²) in [5, 5.41) is 13.4. The number of benzene rings is 1. The molecule has 1 aliphatic heterocycles. The number of aromatic nitrogens is 2. The van der Waals surface area contributed by atoms with Gasteiger partial charge in [-0.15, -0.1) is 11.6 Å². The van der Waals surface area contributed by atoms with E-state index < -0.39 is 60.3 Å². The lowest BCUT2D eigenvalue weighted by Crippen LogP contribution is -2.47. The molecule has 1 saturated heterocycles. The van der Waals surface area contributed by atoms with Crippen LogP contribution in [0.4, 0.5) is 0 Å². The van der Waals surface area contributed by atoms with Crippen LogP contribution in [0.3, 0.4) is 0 Å². The average molecular weight is 544 g/mol. The predicted molar refractivity (Wildman–Crippen MR) is 133 cm³/mol.